The van der Waals surface area contributed by atoms with Crippen molar-refractivity contribution in [3.8, 4) is 0 Å². The smallest absolute Gasteiger partial charge is 0.303 e. The lowest BCUT2D eigenvalue weighted by molar-refractivity contribution is -0.138. The molecule has 3 heteroatoms. The lowest BCUT2D eigenvalue weighted by atomic mass is 9.44. The molecule has 0 heterocycles. The van der Waals surface area contributed by atoms with E-state index in [1.165, 1.54) is 44.9 Å². The molecule has 3 nitrogen and oxygen atoms in total. The monoisotopic (exact) mass is 376 g/mol. The maximum absolute atomic E-state index is 11.0. The molecule has 0 unspecified atom stereocenters. The second-order valence-electron chi connectivity index (χ2n) is 11.2. The Morgan fingerprint density at radius 2 is 1.70 bits per heavy atom. The number of rotatable bonds is 4. The SMILES string of the molecule is C[C@@H](CCC(=O)O)[C@@H]1CC[C@@H]2[C@H]3CC[C@@H]4C[C@@H](O)CC[C@]4(C)[C@H]3CC[C@]21C. The van der Waals surface area contributed by atoms with Crippen LogP contribution in [0, 0.1) is 46.3 Å². The quantitative estimate of drug-likeness (QED) is 0.680. The third-order valence-electron chi connectivity index (χ3n) is 10.2. The number of carboxylic acids is 1. The maximum atomic E-state index is 11.0. The molecule has 0 aromatic heterocycles. The van der Waals surface area contributed by atoms with Gasteiger partial charge in [0.15, 0.2) is 0 Å². The number of hydrogen-bond donors (Lipinski definition) is 2. The third-order valence-corrected chi connectivity index (χ3v) is 10.2. The van der Waals surface area contributed by atoms with E-state index in [4.69, 9.17) is 5.11 Å². The van der Waals surface area contributed by atoms with Gasteiger partial charge in [0.05, 0.1) is 6.10 Å². The van der Waals surface area contributed by atoms with Crippen molar-refractivity contribution in [3.05, 3.63) is 0 Å². The minimum atomic E-state index is -0.643. The molecule has 0 saturated heterocycles. The van der Waals surface area contributed by atoms with Gasteiger partial charge in [-0.15, -0.1) is 0 Å². The Labute approximate surface area is 165 Å². The molecular formula is C24H40O3. The fourth-order valence-corrected chi connectivity index (χ4v) is 8.76. The second-order valence-corrected chi connectivity index (χ2v) is 11.2. The Kier molecular flexibility index (Phi) is 5.15. The van der Waals surface area contributed by atoms with E-state index in [-0.39, 0.29) is 6.10 Å². The van der Waals surface area contributed by atoms with Crippen LogP contribution in [0.15, 0.2) is 0 Å². The molecule has 4 saturated carbocycles. The number of aliphatic carboxylic acids is 1. The van der Waals surface area contributed by atoms with Gasteiger partial charge < -0.3 is 10.2 Å². The van der Waals surface area contributed by atoms with Crippen molar-refractivity contribution in [1.82, 2.24) is 0 Å². The zero-order valence-electron chi connectivity index (χ0n) is 17.6. The molecule has 4 aliphatic carbocycles. The molecule has 0 aromatic rings. The van der Waals surface area contributed by atoms with Crippen LogP contribution < -0.4 is 0 Å². The highest BCUT2D eigenvalue weighted by molar-refractivity contribution is 5.66. The van der Waals surface area contributed by atoms with Gasteiger partial charge in [-0.05, 0) is 111 Å². The molecule has 0 aromatic carbocycles. The zero-order valence-corrected chi connectivity index (χ0v) is 17.6. The molecule has 0 radical (unpaired) electrons. The van der Waals surface area contributed by atoms with Crippen LogP contribution in [0.5, 0.6) is 0 Å². The Hall–Kier alpha value is -0.570. The van der Waals surface area contributed by atoms with E-state index >= 15 is 0 Å². The van der Waals surface area contributed by atoms with E-state index in [0.717, 1.165) is 42.9 Å². The maximum Gasteiger partial charge on any atom is 0.303 e. The first-order valence-electron chi connectivity index (χ1n) is 11.7. The first-order valence-corrected chi connectivity index (χ1v) is 11.7. The van der Waals surface area contributed by atoms with Crippen LogP contribution in [-0.2, 0) is 4.79 Å². The zero-order chi connectivity index (χ0) is 19.4. The lowest BCUT2D eigenvalue weighted by Crippen LogP contribution is -2.54. The van der Waals surface area contributed by atoms with Crippen LogP contribution in [0.3, 0.4) is 0 Å². The molecular weight excluding hydrogens is 336 g/mol. The van der Waals surface area contributed by atoms with Gasteiger partial charge in [-0.2, -0.15) is 0 Å². The van der Waals surface area contributed by atoms with Crippen LogP contribution in [0.1, 0.15) is 91.4 Å². The molecule has 2 N–H and O–H groups in total. The van der Waals surface area contributed by atoms with E-state index in [1.54, 1.807) is 0 Å². The van der Waals surface area contributed by atoms with E-state index in [1.807, 2.05) is 0 Å². The summed E-state index contributed by atoms with van der Waals surface area (Å²) in [6.45, 7) is 7.43. The van der Waals surface area contributed by atoms with Gasteiger partial charge in [0.2, 0.25) is 0 Å². The molecule has 4 fully saturated rings. The fraction of sp³-hybridized carbons (Fsp3) is 0.958. The Morgan fingerprint density at radius 1 is 1.00 bits per heavy atom. The summed E-state index contributed by atoms with van der Waals surface area (Å²) >= 11 is 0. The topological polar surface area (TPSA) is 57.5 Å². The highest BCUT2D eigenvalue weighted by Gasteiger charge is 2.60. The number of hydrogen-bond acceptors (Lipinski definition) is 2. The average molecular weight is 377 g/mol. The molecule has 0 amide bonds. The number of fused-ring (bicyclic) bond motifs is 5. The standard InChI is InChI=1S/C24H40O3/c1-15(4-9-22(26)27)19-7-8-20-18-6-5-16-14-17(25)10-12-23(16,2)21(18)11-13-24(19,20)3/h15-21,25H,4-14H2,1-3H3,(H,26,27)/t15-,16+,17-,18+,19-,20+,21-,23-,24-/m0/s1. The van der Waals surface area contributed by atoms with Gasteiger partial charge in [0.1, 0.15) is 0 Å². The summed E-state index contributed by atoms with van der Waals surface area (Å²) in [5.74, 6) is 3.91. The molecule has 27 heavy (non-hydrogen) atoms. The van der Waals surface area contributed by atoms with Crippen molar-refractivity contribution < 1.29 is 15.0 Å². The molecule has 9 atom stereocenters. The largest absolute Gasteiger partial charge is 0.481 e. The van der Waals surface area contributed by atoms with Gasteiger partial charge in [-0.1, -0.05) is 20.8 Å². The number of aliphatic hydroxyl groups excluding tert-OH is 1. The predicted molar refractivity (Wildman–Crippen MR) is 107 cm³/mol. The van der Waals surface area contributed by atoms with Gasteiger partial charge >= 0.3 is 5.97 Å². The van der Waals surface area contributed by atoms with Crippen LogP contribution in [0.25, 0.3) is 0 Å². The van der Waals surface area contributed by atoms with Crippen LogP contribution in [0.4, 0.5) is 0 Å². The average Bonchev–Trinajstić information content (AvgIpc) is 2.97. The van der Waals surface area contributed by atoms with Gasteiger partial charge in [-0.25, -0.2) is 0 Å². The Bertz CT molecular complexity index is 574. The van der Waals surface area contributed by atoms with Crippen molar-refractivity contribution in [2.75, 3.05) is 0 Å². The fourth-order valence-electron chi connectivity index (χ4n) is 8.76. The van der Waals surface area contributed by atoms with Crippen LogP contribution >= 0.6 is 0 Å². The van der Waals surface area contributed by atoms with Gasteiger partial charge in [0.25, 0.3) is 0 Å². The molecule has 4 rings (SSSR count). The third kappa shape index (κ3) is 3.16. The molecule has 0 bridgehead atoms. The lowest BCUT2D eigenvalue weighted by Gasteiger charge is -2.61. The number of aliphatic hydroxyl groups is 1. The van der Waals surface area contributed by atoms with Gasteiger partial charge in [0, 0.05) is 6.42 Å². The molecule has 4 aliphatic rings. The van der Waals surface area contributed by atoms with Gasteiger partial charge in [-0.3, -0.25) is 4.79 Å². The van der Waals surface area contributed by atoms with E-state index < -0.39 is 5.97 Å². The Morgan fingerprint density at radius 3 is 2.44 bits per heavy atom. The van der Waals surface area contributed by atoms with Crippen molar-refractivity contribution in [3.63, 3.8) is 0 Å². The Balaban J connectivity index is 1.51. The minimum absolute atomic E-state index is 0.0561. The van der Waals surface area contributed by atoms with E-state index in [0.29, 0.717) is 29.1 Å². The van der Waals surface area contributed by atoms with Crippen molar-refractivity contribution >= 4 is 5.97 Å². The molecule has 0 spiro atoms. The molecule has 154 valence electrons. The van der Waals surface area contributed by atoms with Crippen LogP contribution in [0.2, 0.25) is 0 Å². The highest BCUT2D eigenvalue weighted by Crippen LogP contribution is 2.68. The first kappa shape index (κ1) is 19.7. The van der Waals surface area contributed by atoms with E-state index in [2.05, 4.69) is 20.8 Å². The van der Waals surface area contributed by atoms with Crippen molar-refractivity contribution in [2.45, 2.75) is 97.5 Å². The van der Waals surface area contributed by atoms with E-state index in [9.17, 15) is 9.90 Å². The summed E-state index contributed by atoms with van der Waals surface area (Å²) in [6.07, 6.45) is 12.4. The highest BCUT2D eigenvalue weighted by atomic mass is 16.4. The minimum Gasteiger partial charge on any atom is -0.481 e. The number of carbonyl (C=O) groups is 1. The second kappa shape index (κ2) is 7.04. The van der Waals surface area contributed by atoms with Crippen LogP contribution in [-0.4, -0.2) is 22.3 Å². The summed E-state index contributed by atoms with van der Waals surface area (Å²) in [4.78, 5) is 11.0. The summed E-state index contributed by atoms with van der Waals surface area (Å²) in [6, 6.07) is 0. The molecule has 0 aliphatic heterocycles. The predicted octanol–water partition coefficient (Wildman–Crippen LogP) is 5.51. The first-order chi connectivity index (χ1) is 12.8. The van der Waals surface area contributed by atoms with Crippen molar-refractivity contribution in [1.29, 1.82) is 0 Å². The normalized spacial score (nSPS) is 50.4. The van der Waals surface area contributed by atoms with Crippen molar-refractivity contribution in [2.24, 2.45) is 46.3 Å². The summed E-state index contributed by atoms with van der Waals surface area (Å²) in [5.41, 5.74) is 0.882. The summed E-state index contributed by atoms with van der Waals surface area (Å²) in [5, 5.41) is 19.3. The number of carboxylic acid groups (broad SMARTS) is 1. The summed E-state index contributed by atoms with van der Waals surface area (Å²) in [7, 11) is 0. The summed E-state index contributed by atoms with van der Waals surface area (Å²) < 4.78 is 0.